The lowest BCUT2D eigenvalue weighted by Crippen LogP contribution is -2.47. The highest BCUT2D eigenvalue weighted by Gasteiger charge is 2.50. The van der Waals surface area contributed by atoms with Gasteiger partial charge in [-0.1, -0.05) is 35.2 Å². The van der Waals surface area contributed by atoms with Crippen LogP contribution in [0.15, 0.2) is 59.5 Å². The largest absolute Gasteiger partial charge is 0.344 e. The summed E-state index contributed by atoms with van der Waals surface area (Å²) in [7, 11) is -2.72. The van der Waals surface area contributed by atoms with Gasteiger partial charge in [-0.15, -0.1) is 0 Å². The standard InChI is InChI=1S/C18H18N4O6S/c1-18(13-6-4-3-5-7-13)16(24)22(17(25)19-18)20-15(23)12-8-10-14(11-9-12)29(26,27)21-28-2/h3-11,21H,1-2H3,(H,19,25)(H,20,23). The third kappa shape index (κ3) is 3.83. The Bertz CT molecular complexity index is 1060. The van der Waals surface area contributed by atoms with Crippen molar-refractivity contribution in [3.8, 4) is 0 Å². The second kappa shape index (κ2) is 7.62. The van der Waals surface area contributed by atoms with Gasteiger partial charge < -0.3 is 5.32 Å². The molecule has 3 rings (SSSR count). The highest BCUT2D eigenvalue weighted by atomic mass is 32.2. The molecule has 2 aromatic rings. The number of imide groups is 1. The summed E-state index contributed by atoms with van der Waals surface area (Å²) in [6.45, 7) is 1.54. The fraction of sp³-hybridized carbons (Fsp3) is 0.167. The first-order valence-electron chi connectivity index (χ1n) is 8.37. The van der Waals surface area contributed by atoms with E-state index < -0.39 is 33.4 Å². The number of carbonyl (C=O) groups excluding carboxylic acids is 3. The van der Waals surface area contributed by atoms with Crippen LogP contribution in [-0.2, 0) is 25.2 Å². The summed E-state index contributed by atoms with van der Waals surface area (Å²) in [5, 5.41) is 3.17. The van der Waals surface area contributed by atoms with Gasteiger partial charge in [0.1, 0.15) is 5.54 Å². The number of hydrogen-bond donors (Lipinski definition) is 3. The monoisotopic (exact) mass is 418 g/mol. The zero-order chi connectivity index (χ0) is 21.2. The Kier molecular flexibility index (Phi) is 5.38. The predicted molar refractivity (Wildman–Crippen MR) is 100 cm³/mol. The van der Waals surface area contributed by atoms with Crippen molar-refractivity contribution in [2.75, 3.05) is 7.11 Å². The number of carbonyl (C=O) groups is 3. The zero-order valence-corrected chi connectivity index (χ0v) is 16.3. The Morgan fingerprint density at radius 2 is 1.69 bits per heavy atom. The minimum atomic E-state index is -3.87. The molecule has 1 unspecified atom stereocenters. The molecule has 1 atom stereocenters. The summed E-state index contributed by atoms with van der Waals surface area (Å²) in [6.07, 6.45) is 0. The summed E-state index contributed by atoms with van der Waals surface area (Å²) >= 11 is 0. The topological polar surface area (TPSA) is 134 Å². The molecule has 1 heterocycles. The van der Waals surface area contributed by atoms with Crippen molar-refractivity contribution in [3.63, 3.8) is 0 Å². The third-order valence-electron chi connectivity index (χ3n) is 4.38. The number of hydrazine groups is 1. The van der Waals surface area contributed by atoms with Crippen molar-refractivity contribution in [2.45, 2.75) is 17.4 Å². The molecule has 152 valence electrons. The highest BCUT2D eigenvalue weighted by molar-refractivity contribution is 7.89. The van der Waals surface area contributed by atoms with E-state index in [0.717, 1.165) is 7.11 Å². The van der Waals surface area contributed by atoms with E-state index in [1.807, 2.05) is 4.89 Å². The lowest BCUT2D eigenvalue weighted by Gasteiger charge is -2.22. The molecule has 29 heavy (non-hydrogen) atoms. The van der Waals surface area contributed by atoms with Crippen LogP contribution < -0.4 is 15.6 Å². The van der Waals surface area contributed by atoms with Crippen LogP contribution in [-0.4, -0.2) is 38.4 Å². The minimum absolute atomic E-state index is 0.0512. The molecule has 1 aliphatic heterocycles. The Morgan fingerprint density at radius 1 is 1.07 bits per heavy atom. The molecular formula is C18H18N4O6S. The average Bonchev–Trinajstić information content (AvgIpc) is 2.92. The van der Waals surface area contributed by atoms with Crippen LogP contribution in [0.5, 0.6) is 0 Å². The van der Waals surface area contributed by atoms with Crippen molar-refractivity contribution < 1.29 is 27.6 Å². The maximum absolute atomic E-state index is 12.8. The first-order chi connectivity index (χ1) is 13.7. The van der Waals surface area contributed by atoms with Gasteiger partial charge in [0, 0.05) is 5.56 Å². The van der Waals surface area contributed by atoms with Gasteiger partial charge in [-0.25, -0.2) is 13.2 Å². The Morgan fingerprint density at radius 3 is 2.28 bits per heavy atom. The summed E-state index contributed by atoms with van der Waals surface area (Å²) < 4.78 is 23.7. The van der Waals surface area contributed by atoms with Gasteiger partial charge in [-0.2, -0.15) is 5.01 Å². The molecule has 4 amide bonds. The summed E-state index contributed by atoms with van der Waals surface area (Å²) in [5.74, 6) is -1.40. The number of benzene rings is 2. The summed E-state index contributed by atoms with van der Waals surface area (Å²) in [5.41, 5.74) is 1.54. The van der Waals surface area contributed by atoms with Gasteiger partial charge in [0.05, 0.1) is 12.0 Å². The fourth-order valence-corrected chi connectivity index (χ4v) is 3.63. The maximum Gasteiger partial charge on any atom is 0.344 e. The van der Waals surface area contributed by atoms with Crippen molar-refractivity contribution in [1.82, 2.24) is 20.6 Å². The van der Waals surface area contributed by atoms with E-state index in [4.69, 9.17) is 0 Å². The van der Waals surface area contributed by atoms with E-state index in [1.165, 1.54) is 31.2 Å². The molecule has 3 N–H and O–H groups in total. The molecule has 0 spiro atoms. The van der Waals surface area contributed by atoms with Crippen LogP contribution in [0.2, 0.25) is 0 Å². The fourth-order valence-electron chi connectivity index (χ4n) is 2.82. The lowest BCUT2D eigenvalue weighted by atomic mass is 9.92. The van der Waals surface area contributed by atoms with E-state index in [0.29, 0.717) is 10.6 Å². The van der Waals surface area contributed by atoms with Crippen molar-refractivity contribution in [3.05, 3.63) is 65.7 Å². The molecule has 1 saturated heterocycles. The molecule has 0 aromatic heterocycles. The van der Waals surface area contributed by atoms with Crippen molar-refractivity contribution in [2.24, 2.45) is 0 Å². The van der Waals surface area contributed by atoms with Gasteiger partial charge >= 0.3 is 6.03 Å². The molecule has 11 heteroatoms. The zero-order valence-electron chi connectivity index (χ0n) is 15.5. The second-order valence-corrected chi connectivity index (χ2v) is 7.96. The summed E-state index contributed by atoms with van der Waals surface area (Å²) in [6, 6.07) is 12.7. The molecule has 1 aliphatic rings. The maximum atomic E-state index is 12.8. The quantitative estimate of drug-likeness (QED) is 0.466. The number of sulfonamides is 1. The Hall–Kier alpha value is -3.28. The molecule has 0 aliphatic carbocycles. The molecule has 2 aromatic carbocycles. The van der Waals surface area contributed by atoms with Crippen LogP contribution in [0.3, 0.4) is 0 Å². The van der Waals surface area contributed by atoms with Crippen molar-refractivity contribution >= 4 is 27.9 Å². The van der Waals surface area contributed by atoms with Gasteiger partial charge in [-0.05, 0) is 36.8 Å². The average molecular weight is 418 g/mol. The number of nitrogens with zero attached hydrogens (tertiary/aromatic N) is 1. The van der Waals surface area contributed by atoms with Gasteiger partial charge in [0.2, 0.25) is 0 Å². The van der Waals surface area contributed by atoms with Crippen LogP contribution >= 0.6 is 0 Å². The number of rotatable bonds is 6. The lowest BCUT2D eigenvalue weighted by molar-refractivity contribution is -0.132. The minimum Gasteiger partial charge on any atom is -0.318 e. The number of urea groups is 1. The first kappa shape index (κ1) is 20.5. The van der Waals surface area contributed by atoms with E-state index in [1.54, 1.807) is 30.3 Å². The molecule has 0 bridgehead atoms. The number of amides is 4. The van der Waals surface area contributed by atoms with E-state index in [-0.39, 0.29) is 10.5 Å². The Labute approximate surface area is 166 Å². The number of hydrogen-bond acceptors (Lipinski definition) is 6. The first-order valence-corrected chi connectivity index (χ1v) is 9.85. The van der Waals surface area contributed by atoms with Crippen LogP contribution in [0.1, 0.15) is 22.8 Å². The number of nitrogens with one attached hydrogen (secondary N) is 3. The molecule has 1 fully saturated rings. The van der Waals surface area contributed by atoms with Crippen molar-refractivity contribution in [1.29, 1.82) is 0 Å². The van der Waals surface area contributed by atoms with Crippen LogP contribution in [0.4, 0.5) is 4.79 Å². The second-order valence-electron chi connectivity index (χ2n) is 6.32. The molecule has 0 saturated carbocycles. The SMILES string of the molecule is CONS(=O)(=O)c1ccc(C(=O)NN2C(=O)NC(C)(c3ccccc3)C2=O)cc1. The predicted octanol–water partition coefficient (Wildman–Crippen LogP) is 0.638. The normalized spacial score (nSPS) is 19.2. The van der Waals surface area contributed by atoms with E-state index in [9.17, 15) is 22.8 Å². The Balaban J connectivity index is 1.77. The van der Waals surface area contributed by atoms with Gasteiger partial charge in [0.25, 0.3) is 21.8 Å². The molecular weight excluding hydrogens is 400 g/mol. The van der Waals surface area contributed by atoms with Gasteiger partial charge in [-0.3, -0.25) is 19.9 Å². The van der Waals surface area contributed by atoms with Gasteiger partial charge in [0.15, 0.2) is 0 Å². The third-order valence-corrected chi connectivity index (χ3v) is 5.65. The van der Waals surface area contributed by atoms with E-state index in [2.05, 4.69) is 15.6 Å². The van der Waals surface area contributed by atoms with Crippen LogP contribution in [0, 0.1) is 0 Å². The molecule has 0 radical (unpaired) electrons. The van der Waals surface area contributed by atoms with Crippen LogP contribution in [0.25, 0.3) is 0 Å². The highest BCUT2D eigenvalue weighted by Crippen LogP contribution is 2.27. The summed E-state index contributed by atoms with van der Waals surface area (Å²) in [4.78, 5) is 43.6. The smallest absolute Gasteiger partial charge is 0.318 e. The molecule has 10 nitrogen and oxygen atoms in total. The van der Waals surface area contributed by atoms with E-state index >= 15 is 0 Å².